The molecule has 0 bridgehead atoms. The topological polar surface area (TPSA) is 73.1 Å². The van der Waals surface area contributed by atoms with Crippen LogP contribution in [0.2, 0.25) is 0 Å². The van der Waals surface area contributed by atoms with E-state index in [1.165, 1.54) is 11.3 Å². The van der Waals surface area contributed by atoms with Gasteiger partial charge in [-0.05, 0) is 29.7 Å². The third kappa shape index (κ3) is 3.24. The predicted octanol–water partition coefficient (Wildman–Crippen LogP) is 3.24. The molecule has 1 aromatic heterocycles. The van der Waals surface area contributed by atoms with Crippen LogP contribution in [0.25, 0.3) is 10.1 Å². The molecule has 1 unspecified atom stereocenters. The maximum Gasteiger partial charge on any atom is 0.252 e. The first kappa shape index (κ1) is 15.2. The van der Waals surface area contributed by atoms with Gasteiger partial charge in [0.2, 0.25) is 0 Å². The summed E-state index contributed by atoms with van der Waals surface area (Å²) in [6, 6.07) is 18.4. The van der Waals surface area contributed by atoms with Crippen LogP contribution in [0, 0.1) is 11.3 Å². The second-order valence-electron chi connectivity index (χ2n) is 5.07. The third-order valence-corrected chi connectivity index (χ3v) is 4.74. The molecule has 0 saturated heterocycles. The minimum absolute atomic E-state index is 0.103. The lowest BCUT2D eigenvalue weighted by atomic mass is 10.1. The van der Waals surface area contributed by atoms with Crippen LogP contribution in [0.4, 0.5) is 0 Å². The van der Waals surface area contributed by atoms with Crippen molar-refractivity contribution in [2.75, 3.05) is 6.54 Å². The van der Waals surface area contributed by atoms with Gasteiger partial charge < -0.3 is 10.4 Å². The number of fused-ring (bicyclic) bond motifs is 1. The molecule has 5 heteroatoms. The van der Waals surface area contributed by atoms with Gasteiger partial charge in [-0.1, -0.05) is 30.3 Å². The van der Waals surface area contributed by atoms with E-state index in [0.29, 0.717) is 11.1 Å². The summed E-state index contributed by atoms with van der Waals surface area (Å²) in [7, 11) is 0. The molecule has 114 valence electrons. The lowest BCUT2D eigenvalue weighted by molar-refractivity contribution is 0.0918. The largest absolute Gasteiger partial charge is 0.386 e. The number of rotatable bonds is 4. The Labute approximate surface area is 137 Å². The van der Waals surface area contributed by atoms with Gasteiger partial charge in [-0.25, -0.2) is 0 Å². The van der Waals surface area contributed by atoms with Gasteiger partial charge >= 0.3 is 0 Å². The number of nitriles is 1. The maximum atomic E-state index is 12.2. The molecule has 0 fully saturated rings. The Kier molecular flexibility index (Phi) is 4.38. The van der Waals surface area contributed by atoms with E-state index in [2.05, 4.69) is 5.32 Å². The van der Waals surface area contributed by atoms with Crippen LogP contribution in [-0.2, 0) is 0 Å². The molecule has 0 aliphatic carbocycles. The number of carbonyl (C=O) groups is 1. The second-order valence-corrected chi connectivity index (χ2v) is 6.19. The number of nitrogens with one attached hydrogen (secondary N) is 1. The Morgan fingerprint density at radius 3 is 2.74 bits per heavy atom. The number of hydrogen-bond donors (Lipinski definition) is 2. The van der Waals surface area contributed by atoms with Gasteiger partial charge in [0.1, 0.15) is 6.10 Å². The van der Waals surface area contributed by atoms with E-state index in [9.17, 15) is 9.90 Å². The maximum absolute atomic E-state index is 12.2. The van der Waals surface area contributed by atoms with Crippen LogP contribution in [0.1, 0.15) is 26.9 Å². The lowest BCUT2D eigenvalue weighted by Crippen LogP contribution is -2.28. The van der Waals surface area contributed by atoms with Crippen LogP contribution in [0.5, 0.6) is 0 Å². The first-order valence-electron chi connectivity index (χ1n) is 7.13. The summed E-state index contributed by atoms with van der Waals surface area (Å²) < 4.78 is 1.10. The average molecular weight is 322 g/mol. The summed E-state index contributed by atoms with van der Waals surface area (Å²) in [5.41, 5.74) is 0.639. The number of aliphatic hydroxyl groups is 1. The highest BCUT2D eigenvalue weighted by Gasteiger charge is 2.15. The van der Waals surface area contributed by atoms with Crippen LogP contribution in [0.3, 0.4) is 0 Å². The standard InChI is InChI=1S/C18H14N2O2S/c19-10-13-6-1-3-7-14(13)18(22)20-11-15(21)17-9-12-5-2-4-8-16(12)23-17/h1-9,15,21H,11H2,(H,20,22). The van der Waals surface area contributed by atoms with Crippen molar-refractivity contribution >= 4 is 27.3 Å². The van der Waals surface area contributed by atoms with Gasteiger partial charge in [0.15, 0.2) is 0 Å². The van der Waals surface area contributed by atoms with E-state index in [0.717, 1.165) is 15.0 Å². The van der Waals surface area contributed by atoms with Crippen molar-refractivity contribution in [3.8, 4) is 6.07 Å². The Bertz CT molecular complexity index is 862. The number of hydrogen-bond acceptors (Lipinski definition) is 4. The smallest absolute Gasteiger partial charge is 0.252 e. The zero-order chi connectivity index (χ0) is 16.2. The number of carbonyl (C=O) groups excluding carboxylic acids is 1. The normalized spacial score (nSPS) is 11.8. The molecule has 4 nitrogen and oxygen atoms in total. The fourth-order valence-electron chi connectivity index (χ4n) is 2.33. The Morgan fingerprint density at radius 1 is 1.22 bits per heavy atom. The molecule has 3 aromatic rings. The van der Waals surface area contributed by atoms with Gasteiger partial charge in [0.25, 0.3) is 5.91 Å². The molecule has 2 N–H and O–H groups in total. The summed E-state index contributed by atoms with van der Waals surface area (Å²) >= 11 is 1.51. The Morgan fingerprint density at radius 2 is 1.96 bits per heavy atom. The number of aliphatic hydroxyl groups excluding tert-OH is 1. The van der Waals surface area contributed by atoms with E-state index < -0.39 is 6.10 Å². The monoisotopic (exact) mass is 322 g/mol. The van der Waals surface area contributed by atoms with Crippen molar-refractivity contribution in [3.63, 3.8) is 0 Å². The highest BCUT2D eigenvalue weighted by atomic mass is 32.1. The van der Waals surface area contributed by atoms with Crippen molar-refractivity contribution in [2.24, 2.45) is 0 Å². The van der Waals surface area contributed by atoms with Gasteiger partial charge in [-0.3, -0.25) is 4.79 Å². The summed E-state index contributed by atoms with van der Waals surface area (Å²) in [4.78, 5) is 13.0. The molecule has 2 aromatic carbocycles. The predicted molar refractivity (Wildman–Crippen MR) is 90.3 cm³/mol. The first-order chi connectivity index (χ1) is 11.2. The van der Waals surface area contributed by atoms with Gasteiger partial charge in [-0.15, -0.1) is 11.3 Å². The molecule has 0 radical (unpaired) electrons. The third-order valence-electron chi connectivity index (χ3n) is 3.52. The van der Waals surface area contributed by atoms with Gasteiger partial charge in [0.05, 0.1) is 17.2 Å². The van der Waals surface area contributed by atoms with Gasteiger partial charge in [0, 0.05) is 16.1 Å². The highest BCUT2D eigenvalue weighted by Crippen LogP contribution is 2.29. The van der Waals surface area contributed by atoms with Crippen molar-refractivity contribution in [2.45, 2.75) is 6.10 Å². The zero-order valence-electron chi connectivity index (χ0n) is 12.2. The molecular formula is C18H14N2O2S. The van der Waals surface area contributed by atoms with Crippen molar-refractivity contribution in [3.05, 3.63) is 70.6 Å². The number of amides is 1. The first-order valence-corrected chi connectivity index (χ1v) is 7.94. The van der Waals surface area contributed by atoms with Gasteiger partial charge in [-0.2, -0.15) is 5.26 Å². The molecule has 0 saturated carbocycles. The van der Waals surface area contributed by atoms with Crippen LogP contribution < -0.4 is 5.32 Å². The molecule has 1 amide bonds. The molecule has 1 atom stereocenters. The van der Waals surface area contributed by atoms with Crippen molar-refractivity contribution in [1.82, 2.24) is 5.32 Å². The zero-order valence-corrected chi connectivity index (χ0v) is 13.0. The van der Waals surface area contributed by atoms with E-state index in [4.69, 9.17) is 5.26 Å². The summed E-state index contributed by atoms with van der Waals surface area (Å²) in [5.74, 6) is -0.359. The van der Waals surface area contributed by atoms with Crippen LogP contribution in [0.15, 0.2) is 54.6 Å². The van der Waals surface area contributed by atoms with Crippen LogP contribution >= 0.6 is 11.3 Å². The highest BCUT2D eigenvalue weighted by molar-refractivity contribution is 7.19. The van der Waals surface area contributed by atoms with E-state index in [1.807, 2.05) is 36.4 Å². The fourth-order valence-corrected chi connectivity index (χ4v) is 3.38. The lowest BCUT2D eigenvalue weighted by Gasteiger charge is -2.10. The number of benzene rings is 2. The molecule has 23 heavy (non-hydrogen) atoms. The number of nitrogens with zero attached hydrogens (tertiary/aromatic N) is 1. The summed E-state index contributed by atoms with van der Waals surface area (Å²) in [6.07, 6.45) is -0.773. The minimum atomic E-state index is -0.773. The second kappa shape index (κ2) is 6.61. The summed E-state index contributed by atoms with van der Waals surface area (Å²) in [5, 5.41) is 23.1. The summed E-state index contributed by atoms with van der Waals surface area (Å²) in [6.45, 7) is 0.103. The molecule has 0 aliphatic rings. The Balaban J connectivity index is 1.70. The molecular weight excluding hydrogens is 308 g/mol. The van der Waals surface area contributed by atoms with E-state index in [-0.39, 0.29) is 12.5 Å². The quantitative estimate of drug-likeness (QED) is 0.774. The van der Waals surface area contributed by atoms with Crippen LogP contribution in [-0.4, -0.2) is 17.6 Å². The van der Waals surface area contributed by atoms with Crippen molar-refractivity contribution in [1.29, 1.82) is 5.26 Å². The van der Waals surface area contributed by atoms with E-state index in [1.54, 1.807) is 24.3 Å². The van der Waals surface area contributed by atoms with Crippen molar-refractivity contribution < 1.29 is 9.90 Å². The minimum Gasteiger partial charge on any atom is -0.386 e. The average Bonchev–Trinajstić information content (AvgIpc) is 3.03. The van der Waals surface area contributed by atoms with E-state index >= 15 is 0 Å². The molecule has 1 heterocycles. The molecule has 0 aliphatic heterocycles. The Hall–Kier alpha value is -2.68. The SMILES string of the molecule is N#Cc1ccccc1C(=O)NCC(O)c1cc2ccccc2s1. The molecule has 3 rings (SSSR count). The number of thiophene rings is 1. The fraction of sp³-hybridized carbons (Fsp3) is 0.111. The molecule has 0 spiro atoms.